The minimum atomic E-state index is -1.48. The summed E-state index contributed by atoms with van der Waals surface area (Å²) < 4.78 is 5.01. The maximum atomic E-state index is 13.0. The van der Waals surface area contributed by atoms with E-state index in [-0.39, 0.29) is 13.2 Å². The predicted octanol–water partition coefficient (Wildman–Crippen LogP) is 3.52. The summed E-state index contributed by atoms with van der Waals surface area (Å²) in [5.41, 5.74) is 8.15. The van der Waals surface area contributed by atoms with Crippen LogP contribution in [0.25, 0.3) is 0 Å². The number of carbonyl (C=O) groups is 6. The van der Waals surface area contributed by atoms with Gasteiger partial charge in [-0.15, -0.1) is 0 Å². The van der Waals surface area contributed by atoms with Crippen LogP contribution in [-0.2, 0) is 32.3 Å². The van der Waals surface area contributed by atoms with E-state index in [1.807, 2.05) is 56.3 Å². The number of carboxylic acids is 1. The Bertz CT molecular complexity index is 1630. The molecule has 0 spiro atoms. The molecular weight excluding hydrogens is 620 g/mol. The number of benzene rings is 3. The van der Waals surface area contributed by atoms with Gasteiger partial charge in [0.15, 0.2) is 0 Å². The van der Waals surface area contributed by atoms with Crippen molar-refractivity contribution >= 4 is 41.6 Å². The summed E-state index contributed by atoms with van der Waals surface area (Å²) in [7, 11) is 0. The van der Waals surface area contributed by atoms with Crippen LogP contribution in [-0.4, -0.2) is 75.5 Å². The minimum Gasteiger partial charge on any atom is -0.480 e. The average Bonchev–Trinajstić information content (AvgIpc) is 3.19. The average molecular weight is 661 g/mol. The fraction of sp³-hybridized carbons (Fsp3) is 0.294. The predicted molar refractivity (Wildman–Crippen MR) is 176 cm³/mol. The fourth-order valence-electron chi connectivity index (χ4n) is 4.57. The van der Waals surface area contributed by atoms with Gasteiger partial charge in [0.25, 0.3) is 5.91 Å². The zero-order valence-corrected chi connectivity index (χ0v) is 27.2. The van der Waals surface area contributed by atoms with Crippen molar-refractivity contribution in [2.45, 2.75) is 52.4 Å². The van der Waals surface area contributed by atoms with Crippen LogP contribution in [0.2, 0.25) is 0 Å². The van der Waals surface area contributed by atoms with E-state index in [9.17, 15) is 33.9 Å². The first kappa shape index (κ1) is 36.5. The maximum Gasteiger partial charge on any atom is 0.408 e. The van der Waals surface area contributed by atoms with E-state index in [2.05, 4.69) is 16.0 Å². The van der Waals surface area contributed by atoms with Gasteiger partial charge in [0, 0.05) is 18.8 Å². The third-order valence-corrected chi connectivity index (χ3v) is 7.38. The van der Waals surface area contributed by atoms with Crippen LogP contribution in [0.5, 0.6) is 0 Å². The van der Waals surface area contributed by atoms with Gasteiger partial charge in [0.05, 0.1) is 0 Å². The third-order valence-electron chi connectivity index (χ3n) is 7.38. The number of urea groups is 2. The molecule has 0 aliphatic carbocycles. The smallest absolute Gasteiger partial charge is 0.408 e. The van der Waals surface area contributed by atoms with Gasteiger partial charge in [-0.05, 0) is 50.5 Å². The van der Waals surface area contributed by atoms with Crippen molar-refractivity contribution in [3.05, 3.63) is 101 Å². The lowest BCUT2D eigenvalue weighted by Crippen LogP contribution is -2.50. The number of ether oxygens (including phenoxy) is 1. The highest BCUT2D eigenvalue weighted by molar-refractivity contribution is 6.08. The number of alkyl carbamates (subject to hydrolysis) is 1. The number of anilines is 1. The molecule has 0 bridgehead atoms. The lowest BCUT2D eigenvalue weighted by Gasteiger charge is -2.27. The highest BCUT2D eigenvalue weighted by atomic mass is 16.5. The van der Waals surface area contributed by atoms with Crippen molar-refractivity contribution in [2.75, 3.05) is 18.4 Å². The minimum absolute atomic E-state index is 0.0561. The van der Waals surface area contributed by atoms with Gasteiger partial charge in [-0.25, -0.2) is 19.2 Å². The molecule has 1 atom stereocenters. The number of carboxylic acid groups (broad SMARTS) is 1. The molecule has 14 heteroatoms. The first-order valence-corrected chi connectivity index (χ1v) is 15.0. The summed E-state index contributed by atoms with van der Waals surface area (Å²) >= 11 is 0. The van der Waals surface area contributed by atoms with Crippen molar-refractivity contribution in [3.8, 4) is 0 Å². The summed E-state index contributed by atoms with van der Waals surface area (Å²) in [6.07, 6.45) is -0.969. The first-order valence-electron chi connectivity index (χ1n) is 15.0. The number of nitrogens with two attached hydrogens (primary N) is 1. The highest BCUT2D eigenvalue weighted by Crippen LogP contribution is 2.29. The molecule has 3 aromatic rings. The highest BCUT2D eigenvalue weighted by Gasteiger charge is 2.51. The van der Waals surface area contributed by atoms with Gasteiger partial charge >= 0.3 is 24.1 Å². The van der Waals surface area contributed by atoms with Crippen molar-refractivity contribution in [1.29, 1.82) is 0 Å². The topological polar surface area (TPSA) is 200 Å². The second-order valence-corrected chi connectivity index (χ2v) is 11.5. The Hall–Kier alpha value is -5.92. The largest absolute Gasteiger partial charge is 0.480 e. The summed E-state index contributed by atoms with van der Waals surface area (Å²) in [5.74, 6) is -2.69. The molecule has 0 aromatic heterocycles. The zero-order chi connectivity index (χ0) is 35.4. The summed E-state index contributed by atoms with van der Waals surface area (Å²) in [6.45, 7) is 6.13. The van der Waals surface area contributed by atoms with Crippen LogP contribution in [0, 0.1) is 13.8 Å². The number of carbonyl (C=O) groups excluding carboxylic acids is 5. The number of imide groups is 1. The fourth-order valence-corrected chi connectivity index (χ4v) is 4.57. The van der Waals surface area contributed by atoms with Crippen LogP contribution in [0.4, 0.5) is 20.1 Å². The van der Waals surface area contributed by atoms with Gasteiger partial charge in [-0.2, -0.15) is 0 Å². The van der Waals surface area contributed by atoms with Crippen molar-refractivity contribution in [3.63, 3.8) is 0 Å². The van der Waals surface area contributed by atoms with E-state index in [4.69, 9.17) is 10.5 Å². The van der Waals surface area contributed by atoms with E-state index in [0.717, 1.165) is 32.8 Å². The monoisotopic (exact) mass is 660 g/mol. The molecule has 48 heavy (non-hydrogen) atoms. The van der Waals surface area contributed by atoms with E-state index in [0.29, 0.717) is 0 Å². The molecule has 0 radical (unpaired) electrons. The molecule has 14 nitrogen and oxygen atoms in total. The third kappa shape index (κ3) is 10.3. The molecule has 1 saturated heterocycles. The maximum absolute atomic E-state index is 13.0. The molecule has 4 rings (SSSR count). The Labute approximate surface area is 278 Å². The van der Waals surface area contributed by atoms with E-state index >= 15 is 0 Å². The molecule has 0 unspecified atom stereocenters. The normalized spacial score (nSPS) is 13.9. The number of nitrogens with zero attached hydrogens (tertiary/aromatic N) is 2. The number of nitrogens with one attached hydrogen (secondary N) is 3. The van der Waals surface area contributed by atoms with Crippen LogP contribution in [0.1, 0.15) is 36.1 Å². The molecule has 0 saturated carbocycles. The molecule has 7 amide bonds. The van der Waals surface area contributed by atoms with Crippen molar-refractivity contribution in [2.24, 2.45) is 5.73 Å². The van der Waals surface area contributed by atoms with Gasteiger partial charge in [-0.3, -0.25) is 14.5 Å². The number of aryl methyl sites for hydroxylation is 2. The number of hydrogen-bond acceptors (Lipinski definition) is 7. The molecule has 254 valence electrons. The zero-order valence-electron chi connectivity index (χ0n) is 27.2. The SMILES string of the molecule is Cc1ccc(CN2C(=O)N(CC(=O)NC[C@H](NC(=O)OCc3ccccc3)C(=O)O)C(=O)C2(C)C)cc1.Cc1ccccc1NC(N)=O. The molecule has 1 aliphatic heterocycles. The quantitative estimate of drug-likeness (QED) is 0.192. The van der Waals surface area contributed by atoms with Crippen molar-refractivity contribution < 1.29 is 38.6 Å². The van der Waals surface area contributed by atoms with Crippen molar-refractivity contribution in [1.82, 2.24) is 20.4 Å². The number of amides is 7. The van der Waals surface area contributed by atoms with Crippen LogP contribution in [0.3, 0.4) is 0 Å². The van der Waals surface area contributed by atoms with Gasteiger partial charge in [0.2, 0.25) is 5.91 Å². The lowest BCUT2D eigenvalue weighted by molar-refractivity contribution is -0.139. The molecule has 1 fully saturated rings. The second-order valence-electron chi connectivity index (χ2n) is 11.5. The Morgan fingerprint density at radius 1 is 0.896 bits per heavy atom. The molecular formula is C34H40N6O8. The summed E-state index contributed by atoms with van der Waals surface area (Å²) in [5, 5.41) is 16.4. The number of rotatable bonds is 11. The number of para-hydroxylation sites is 1. The van der Waals surface area contributed by atoms with Gasteiger partial charge in [-0.1, -0.05) is 78.4 Å². The van der Waals surface area contributed by atoms with E-state index in [1.54, 1.807) is 50.2 Å². The second kappa shape index (κ2) is 16.6. The molecule has 6 N–H and O–H groups in total. The van der Waals surface area contributed by atoms with E-state index < -0.39 is 60.6 Å². The Kier molecular flexibility index (Phi) is 12.6. The van der Waals surface area contributed by atoms with Crippen LogP contribution < -0.4 is 21.7 Å². The Morgan fingerprint density at radius 3 is 2.12 bits per heavy atom. The number of hydrogen-bond donors (Lipinski definition) is 5. The Balaban J connectivity index is 0.000000480. The first-order chi connectivity index (χ1) is 22.7. The van der Waals surface area contributed by atoms with E-state index in [1.165, 1.54) is 4.90 Å². The molecule has 3 aromatic carbocycles. The number of primary amides is 1. The van der Waals surface area contributed by atoms with Crippen LogP contribution >= 0.6 is 0 Å². The lowest BCUT2D eigenvalue weighted by atomic mass is 10.0. The summed E-state index contributed by atoms with van der Waals surface area (Å²) in [4.78, 5) is 74.6. The molecule has 1 aliphatic rings. The van der Waals surface area contributed by atoms with Gasteiger partial charge in [0.1, 0.15) is 24.7 Å². The molecule has 1 heterocycles. The van der Waals surface area contributed by atoms with Gasteiger partial charge < -0.3 is 36.4 Å². The summed E-state index contributed by atoms with van der Waals surface area (Å²) in [6, 6.07) is 21.2. The van der Waals surface area contributed by atoms with Crippen LogP contribution in [0.15, 0.2) is 78.9 Å². The number of aliphatic carboxylic acids is 1. The Morgan fingerprint density at radius 2 is 1.52 bits per heavy atom. The standard InChI is InChI=1S/C26H30N4O7.C8H10N2O/c1-17-9-11-18(12-10-17)14-30-25(36)29(23(34)26(30,2)3)15-21(31)27-13-20(22(32)33)28-24(35)37-16-19-7-5-4-6-8-19;1-6-4-2-3-5-7(6)10-8(9)11/h4-12,20H,13-16H2,1-3H3,(H,27,31)(H,28,35)(H,32,33);2-5H,1H3,(H3,9,10,11)/t20-;/m0./s1.